The molecule has 0 radical (unpaired) electrons. The van der Waals surface area contributed by atoms with E-state index in [0.717, 1.165) is 13.0 Å². The number of thiophene rings is 1. The highest BCUT2D eigenvalue weighted by Gasteiger charge is 2.12. The summed E-state index contributed by atoms with van der Waals surface area (Å²) in [6.07, 6.45) is 4.29. The van der Waals surface area contributed by atoms with Gasteiger partial charge in [-0.15, -0.1) is 11.3 Å². The minimum atomic E-state index is -0.243. The lowest BCUT2D eigenvalue weighted by molar-refractivity contribution is 0.0320. The standard InChI is InChI=1S/C12H14N2O2S/c1-10(5-8-14-7-3-6-13-14)16-12(15)11-4-2-9-17-11/h2-4,6-7,9-10H,5,8H2,1H3. The highest BCUT2D eigenvalue weighted by molar-refractivity contribution is 7.11. The Hall–Kier alpha value is -1.62. The van der Waals surface area contributed by atoms with Crippen molar-refractivity contribution in [2.75, 3.05) is 0 Å². The van der Waals surface area contributed by atoms with Crippen LogP contribution in [0, 0.1) is 0 Å². The third kappa shape index (κ3) is 3.42. The first-order valence-electron chi connectivity index (χ1n) is 5.47. The Morgan fingerprint density at radius 2 is 2.47 bits per heavy atom. The number of ether oxygens (including phenoxy) is 1. The predicted octanol–water partition coefficient (Wildman–Crippen LogP) is 2.58. The van der Waals surface area contributed by atoms with E-state index >= 15 is 0 Å². The van der Waals surface area contributed by atoms with E-state index in [4.69, 9.17) is 4.74 Å². The zero-order valence-electron chi connectivity index (χ0n) is 9.57. The molecule has 0 aliphatic rings. The number of nitrogens with zero attached hydrogens (tertiary/aromatic N) is 2. The van der Waals surface area contributed by atoms with Crippen molar-refractivity contribution in [3.8, 4) is 0 Å². The summed E-state index contributed by atoms with van der Waals surface area (Å²) in [5, 5.41) is 5.96. The normalized spacial score (nSPS) is 12.3. The van der Waals surface area contributed by atoms with Gasteiger partial charge in [0.15, 0.2) is 0 Å². The van der Waals surface area contributed by atoms with Gasteiger partial charge in [-0.05, 0) is 24.4 Å². The van der Waals surface area contributed by atoms with Crippen molar-refractivity contribution in [1.29, 1.82) is 0 Å². The SMILES string of the molecule is CC(CCn1cccn1)OC(=O)c1cccs1. The molecule has 0 aliphatic carbocycles. The van der Waals surface area contributed by atoms with Crippen molar-refractivity contribution in [1.82, 2.24) is 9.78 Å². The Labute approximate surface area is 104 Å². The lowest BCUT2D eigenvalue weighted by Gasteiger charge is -2.12. The number of rotatable bonds is 5. The van der Waals surface area contributed by atoms with E-state index in [1.54, 1.807) is 12.3 Å². The molecule has 0 spiro atoms. The lowest BCUT2D eigenvalue weighted by Crippen LogP contribution is -2.16. The van der Waals surface area contributed by atoms with Gasteiger partial charge in [-0.3, -0.25) is 4.68 Å². The Morgan fingerprint density at radius 3 is 3.12 bits per heavy atom. The number of hydrogen-bond donors (Lipinski definition) is 0. The summed E-state index contributed by atoms with van der Waals surface area (Å²) in [5.41, 5.74) is 0. The topological polar surface area (TPSA) is 44.1 Å². The molecule has 0 aromatic carbocycles. The Balaban J connectivity index is 1.77. The summed E-state index contributed by atoms with van der Waals surface area (Å²) in [4.78, 5) is 12.3. The van der Waals surface area contributed by atoms with Crippen LogP contribution in [0.15, 0.2) is 36.0 Å². The predicted molar refractivity (Wildman–Crippen MR) is 66.0 cm³/mol. The Bertz CT molecular complexity index is 451. The number of carbonyl (C=O) groups is 1. The van der Waals surface area contributed by atoms with Crippen LogP contribution < -0.4 is 0 Å². The summed E-state index contributed by atoms with van der Waals surface area (Å²) in [6.45, 7) is 2.65. The molecular weight excluding hydrogens is 236 g/mol. The molecular formula is C12H14N2O2S. The molecule has 2 aromatic heterocycles. The number of hydrogen-bond acceptors (Lipinski definition) is 4. The molecule has 2 aromatic rings. The average molecular weight is 250 g/mol. The van der Waals surface area contributed by atoms with Gasteiger partial charge in [-0.2, -0.15) is 5.10 Å². The molecule has 1 unspecified atom stereocenters. The van der Waals surface area contributed by atoms with Gasteiger partial charge in [-0.1, -0.05) is 6.07 Å². The van der Waals surface area contributed by atoms with E-state index in [0.29, 0.717) is 4.88 Å². The van der Waals surface area contributed by atoms with E-state index < -0.39 is 0 Å². The molecule has 2 heterocycles. The summed E-state index contributed by atoms with van der Waals surface area (Å²) in [7, 11) is 0. The van der Waals surface area contributed by atoms with E-state index in [9.17, 15) is 4.79 Å². The van der Waals surface area contributed by atoms with Crippen molar-refractivity contribution >= 4 is 17.3 Å². The van der Waals surface area contributed by atoms with Gasteiger partial charge in [0.2, 0.25) is 0 Å². The second-order valence-corrected chi connectivity index (χ2v) is 4.70. The minimum Gasteiger partial charge on any atom is -0.458 e. The van der Waals surface area contributed by atoms with Crippen molar-refractivity contribution in [3.05, 3.63) is 40.8 Å². The molecule has 4 nitrogen and oxygen atoms in total. The third-order valence-electron chi connectivity index (χ3n) is 2.35. The van der Waals surface area contributed by atoms with Crippen molar-refractivity contribution < 1.29 is 9.53 Å². The van der Waals surface area contributed by atoms with E-state index in [2.05, 4.69) is 5.10 Å². The van der Waals surface area contributed by atoms with Crippen molar-refractivity contribution in [2.24, 2.45) is 0 Å². The molecule has 0 N–H and O–H groups in total. The van der Waals surface area contributed by atoms with Gasteiger partial charge in [0.25, 0.3) is 0 Å². The maximum absolute atomic E-state index is 11.6. The van der Waals surface area contributed by atoms with Crippen molar-refractivity contribution in [3.63, 3.8) is 0 Å². The van der Waals surface area contributed by atoms with E-state index in [1.807, 2.05) is 35.3 Å². The fourth-order valence-corrected chi connectivity index (χ4v) is 2.05. The van der Waals surface area contributed by atoms with Crippen LogP contribution in [-0.2, 0) is 11.3 Å². The molecule has 90 valence electrons. The molecule has 2 rings (SSSR count). The first-order chi connectivity index (χ1) is 8.25. The zero-order chi connectivity index (χ0) is 12.1. The van der Waals surface area contributed by atoms with Crippen LogP contribution in [-0.4, -0.2) is 21.9 Å². The van der Waals surface area contributed by atoms with Gasteiger partial charge >= 0.3 is 5.97 Å². The summed E-state index contributed by atoms with van der Waals surface area (Å²) in [6, 6.07) is 5.49. The largest absolute Gasteiger partial charge is 0.458 e. The maximum Gasteiger partial charge on any atom is 0.348 e. The minimum absolute atomic E-state index is 0.103. The summed E-state index contributed by atoms with van der Waals surface area (Å²) in [5.74, 6) is -0.243. The second kappa shape index (κ2) is 5.63. The fourth-order valence-electron chi connectivity index (χ4n) is 1.44. The molecule has 0 saturated carbocycles. The Morgan fingerprint density at radius 1 is 1.59 bits per heavy atom. The van der Waals surface area contributed by atoms with Gasteiger partial charge in [-0.25, -0.2) is 4.79 Å². The fraction of sp³-hybridized carbons (Fsp3) is 0.333. The van der Waals surface area contributed by atoms with E-state index in [1.165, 1.54) is 11.3 Å². The third-order valence-corrected chi connectivity index (χ3v) is 3.20. The van der Waals surface area contributed by atoms with Crippen LogP contribution in [0.2, 0.25) is 0 Å². The molecule has 1 atom stereocenters. The van der Waals surface area contributed by atoms with Crippen LogP contribution in [0.5, 0.6) is 0 Å². The quantitative estimate of drug-likeness (QED) is 0.766. The van der Waals surface area contributed by atoms with Crippen molar-refractivity contribution in [2.45, 2.75) is 26.0 Å². The van der Waals surface area contributed by atoms with Gasteiger partial charge in [0, 0.05) is 25.4 Å². The first-order valence-corrected chi connectivity index (χ1v) is 6.35. The number of carbonyl (C=O) groups excluding carboxylic acids is 1. The molecule has 0 bridgehead atoms. The summed E-state index contributed by atoms with van der Waals surface area (Å²) >= 11 is 1.40. The van der Waals surface area contributed by atoms with Crippen LogP contribution in [0.3, 0.4) is 0 Å². The molecule has 0 saturated heterocycles. The second-order valence-electron chi connectivity index (χ2n) is 3.75. The van der Waals surface area contributed by atoms with Gasteiger partial charge < -0.3 is 4.74 Å². The number of aromatic nitrogens is 2. The van der Waals surface area contributed by atoms with Crippen LogP contribution in [0.1, 0.15) is 23.0 Å². The van der Waals surface area contributed by atoms with E-state index in [-0.39, 0.29) is 12.1 Å². The smallest absolute Gasteiger partial charge is 0.348 e. The van der Waals surface area contributed by atoms with Crippen LogP contribution >= 0.6 is 11.3 Å². The first kappa shape index (κ1) is 11.9. The maximum atomic E-state index is 11.6. The molecule has 0 fully saturated rings. The van der Waals surface area contributed by atoms with Gasteiger partial charge in [0.1, 0.15) is 11.0 Å². The number of aryl methyl sites for hydroxylation is 1. The zero-order valence-corrected chi connectivity index (χ0v) is 10.4. The van der Waals surface area contributed by atoms with Crippen LogP contribution in [0.4, 0.5) is 0 Å². The summed E-state index contributed by atoms with van der Waals surface area (Å²) < 4.78 is 7.15. The molecule has 0 amide bonds. The lowest BCUT2D eigenvalue weighted by atomic mass is 10.3. The average Bonchev–Trinajstić information content (AvgIpc) is 2.99. The molecule has 5 heteroatoms. The van der Waals surface area contributed by atoms with Gasteiger partial charge in [0.05, 0.1) is 0 Å². The Kier molecular flexibility index (Phi) is 3.93. The highest BCUT2D eigenvalue weighted by atomic mass is 32.1. The molecule has 17 heavy (non-hydrogen) atoms. The molecule has 0 aliphatic heterocycles. The monoisotopic (exact) mass is 250 g/mol. The van der Waals surface area contributed by atoms with Crippen LogP contribution in [0.25, 0.3) is 0 Å². The highest BCUT2D eigenvalue weighted by Crippen LogP contribution is 2.12. The number of esters is 1.